The number of carbonyl (C=O) groups excluding carboxylic acids is 2. The minimum absolute atomic E-state index is 0.175. The first kappa shape index (κ1) is 13.3. The third-order valence-electron chi connectivity index (χ3n) is 3.42. The lowest BCUT2D eigenvalue weighted by molar-refractivity contribution is 0.0656. The largest absolute Gasteiger partial charge is 0.274 e. The lowest BCUT2D eigenvalue weighted by Gasteiger charge is -2.13. The molecule has 2 amide bonds. The van der Waals surface area contributed by atoms with Gasteiger partial charge in [-0.1, -0.05) is 36.4 Å². The Morgan fingerprint density at radius 3 is 2.35 bits per heavy atom. The van der Waals surface area contributed by atoms with Crippen LogP contribution in [0.15, 0.2) is 48.5 Å². The highest BCUT2D eigenvalue weighted by atomic mass is 127. The number of carbonyl (C=O) groups is 2. The number of halogens is 1. The Kier molecular flexibility index (Phi) is 3.56. The molecule has 0 radical (unpaired) electrons. The van der Waals surface area contributed by atoms with Crippen molar-refractivity contribution in [2.75, 3.05) is 6.54 Å². The van der Waals surface area contributed by atoms with Crippen LogP contribution in [0.2, 0.25) is 0 Å². The van der Waals surface area contributed by atoms with Gasteiger partial charge in [-0.25, -0.2) is 0 Å². The maximum atomic E-state index is 12.3. The lowest BCUT2D eigenvalue weighted by Crippen LogP contribution is -2.31. The fourth-order valence-corrected chi connectivity index (χ4v) is 3.11. The Labute approximate surface area is 130 Å². The molecule has 100 valence electrons. The van der Waals surface area contributed by atoms with Crippen molar-refractivity contribution in [1.29, 1.82) is 0 Å². The first-order valence-electron chi connectivity index (χ1n) is 6.37. The second-order valence-corrected chi connectivity index (χ2v) is 5.82. The van der Waals surface area contributed by atoms with E-state index in [2.05, 4.69) is 22.6 Å². The number of nitrogens with zero attached hydrogens (tertiary/aromatic N) is 1. The van der Waals surface area contributed by atoms with Gasteiger partial charge >= 0.3 is 0 Å². The van der Waals surface area contributed by atoms with Crippen molar-refractivity contribution in [3.8, 4) is 0 Å². The quantitative estimate of drug-likeness (QED) is 0.609. The Bertz CT molecular complexity index is 682. The fourth-order valence-electron chi connectivity index (χ4n) is 2.38. The molecule has 20 heavy (non-hydrogen) atoms. The maximum Gasteiger partial charge on any atom is 0.262 e. The number of rotatable bonds is 3. The van der Waals surface area contributed by atoms with Crippen LogP contribution in [0.25, 0.3) is 0 Å². The SMILES string of the molecule is O=C1c2cccc(I)c2C(=O)N1CCc1ccccc1. The zero-order valence-electron chi connectivity index (χ0n) is 10.7. The minimum Gasteiger partial charge on any atom is -0.274 e. The van der Waals surface area contributed by atoms with Gasteiger partial charge in [-0.3, -0.25) is 14.5 Å². The molecule has 2 aromatic carbocycles. The van der Waals surface area contributed by atoms with E-state index in [4.69, 9.17) is 0 Å². The maximum absolute atomic E-state index is 12.3. The zero-order chi connectivity index (χ0) is 14.1. The van der Waals surface area contributed by atoms with Crippen molar-refractivity contribution < 1.29 is 9.59 Å². The third-order valence-corrected chi connectivity index (χ3v) is 4.31. The number of amides is 2. The highest BCUT2D eigenvalue weighted by molar-refractivity contribution is 14.1. The highest BCUT2D eigenvalue weighted by Crippen LogP contribution is 2.27. The van der Waals surface area contributed by atoms with Gasteiger partial charge in [0, 0.05) is 10.1 Å². The molecule has 0 spiro atoms. The van der Waals surface area contributed by atoms with E-state index in [9.17, 15) is 9.59 Å². The molecule has 1 heterocycles. The summed E-state index contributed by atoms with van der Waals surface area (Å²) in [5, 5.41) is 0. The van der Waals surface area contributed by atoms with E-state index in [1.165, 1.54) is 4.90 Å². The van der Waals surface area contributed by atoms with Crippen LogP contribution in [-0.2, 0) is 6.42 Å². The molecule has 3 nitrogen and oxygen atoms in total. The Hall–Kier alpha value is -1.69. The monoisotopic (exact) mass is 377 g/mol. The summed E-state index contributed by atoms with van der Waals surface area (Å²) in [6.45, 7) is 0.423. The van der Waals surface area contributed by atoms with E-state index >= 15 is 0 Å². The molecule has 0 bridgehead atoms. The van der Waals surface area contributed by atoms with E-state index < -0.39 is 0 Å². The normalized spacial score (nSPS) is 13.8. The van der Waals surface area contributed by atoms with E-state index in [1.807, 2.05) is 42.5 Å². The van der Waals surface area contributed by atoms with Crippen LogP contribution in [-0.4, -0.2) is 23.3 Å². The number of hydrogen-bond acceptors (Lipinski definition) is 2. The number of hydrogen-bond donors (Lipinski definition) is 0. The Morgan fingerprint density at radius 2 is 1.65 bits per heavy atom. The van der Waals surface area contributed by atoms with Gasteiger partial charge in [-0.2, -0.15) is 0 Å². The van der Waals surface area contributed by atoms with Crippen molar-refractivity contribution in [3.05, 3.63) is 68.8 Å². The summed E-state index contributed by atoms with van der Waals surface area (Å²) >= 11 is 2.10. The molecule has 0 fully saturated rings. The van der Waals surface area contributed by atoms with Gasteiger partial charge in [-0.15, -0.1) is 0 Å². The minimum atomic E-state index is -0.181. The van der Waals surface area contributed by atoms with Gasteiger partial charge < -0.3 is 0 Å². The van der Waals surface area contributed by atoms with Gasteiger partial charge in [0.15, 0.2) is 0 Å². The second kappa shape index (κ2) is 5.36. The zero-order valence-corrected chi connectivity index (χ0v) is 12.8. The van der Waals surface area contributed by atoms with Crippen LogP contribution in [0, 0.1) is 3.57 Å². The molecule has 0 atom stereocenters. The topological polar surface area (TPSA) is 37.4 Å². The summed E-state index contributed by atoms with van der Waals surface area (Å²) in [5.74, 6) is -0.356. The summed E-state index contributed by atoms with van der Waals surface area (Å²) in [4.78, 5) is 26.0. The molecule has 1 aliphatic heterocycles. The van der Waals surface area contributed by atoms with Crippen molar-refractivity contribution in [3.63, 3.8) is 0 Å². The summed E-state index contributed by atoms with van der Waals surface area (Å²) in [6, 6.07) is 15.3. The molecular formula is C16H12INO2. The van der Waals surface area contributed by atoms with Crippen molar-refractivity contribution >= 4 is 34.4 Å². The lowest BCUT2D eigenvalue weighted by atomic mass is 10.1. The molecular weight excluding hydrogens is 365 g/mol. The van der Waals surface area contributed by atoms with E-state index in [1.54, 1.807) is 6.07 Å². The molecule has 0 N–H and O–H groups in total. The van der Waals surface area contributed by atoms with Crippen LogP contribution in [0.1, 0.15) is 26.3 Å². The molecule has 0 saturated carbocycles. The van der Waals surface area contributed by atoms with Crippen molar-refractivity contribution in [1.82, 2.24) is 4.90 Å². The average molecular weight is 377 g/mol. The predicted molar refractivity (Wildman–Crippen MR) is 84.7 cm³/mol. The van der Waals surface area contributed by atoms with Gasteiger partial charge in [-0.05, 0) is 46.7 Å². The van der Waals surface area contributed by atoms with E-state index in [0.29, 0.717) is 24.1 Å². The number of benzene rings is 2. The summed E-state index contributed by atoms with van der Waals surface area (Å²) in [5.41, 5.74) is 2.19. The first-order chi connectivity index (χ1) is 9.68. The second-order valence-electron chi connectivity index (χ2n) is 4.66. The fraction of sp³-hybridized carbons (Fsp3) is 0.125. The van der Waals surface area contributed by atoms with Crippen LogP contribution < -0.4 is 0 Å². The molecule has 3 rings (SSSR count). The van der Waals surface area contributed by atoms with Gasteiger partial charge in [0.05, 0.1) is 11.1 Å². The van der Waals surface area contributed by atoms with Crippen molar-refractivity contribution in [2.45, 2.75) is 6.42 Å². The van der Waals surface area contributed by atoms with Crippen LogP contribution >= 0.6 is 22.6 Å². The molecule has 1 aliphatic rings. The number of fused-ring (bicyclic) bond motifs is 1. The summed E-state index contributed by atoms with van der Waals surface area (Å²) in [6.07, 6.45) is 0.683. The average Bonchev–Trinajstić information content (AvgIpc) is 2.71. The number of imide groups is 1. The molecule has 4 heteroatoms. The standard InChI is InChI=1S/C16H12INO2/c17-13-8-4-7-12-14(13)16(20)18(15(12)19)10-9-11-5-2-1-3-6-11/h1-8H,9-10H2. The van der Waals surface area contributed by atoms with E-state index in [0.717, 1.165) is 9.13 Å². The molecule has 0 aliphatic carbocycles. The smallest absolute Gasteiger partial charge is 0.262 e. The molecule has 2 aromatic rings. The molecule has 0 saturated heterocycles. The Morgan fingerprint density at radius 1 is 0.900 bits per heavy atom. The first-order valence-corrected chi connectivity index (χ1v) is 7.45. The van der Waals surface area contributed by atoms with Crippen LogP contribution in [0.4, 0.5) is 0 Å². The summed E-state index contributed by atoms with van der Waals surface area (Å²) < 4.78 is 0.834. The van der Waals surface area contributed by atoms with Gasteiger partial charge in [0.1, 0.15) is 0 Å². The van der Waals surface area contributed by atoms with Crippen LogP contribution in [0.5, 0.6) is 0 Å². The third kappa shape index (κ3) is 2.24. The van der Waals surface area contributed by atoms with Crippen LogP contribution in [0.3, 0.4) is 0 Å². The van der Waals surface area contributed by atoms with Gasteiger partial charge in [0.2, 0.25) is 0 Å². The van der Waals surface area contributed by atoms with Gasteiger partial charge in [0.25, 0.3) is 11.8 Å². The predicted octanol–water partition coefficient (Wildman–Crippen LogP) is 3.13. The highest BCUT2D eigenvalue weighted by Gasteiger charge is 2.36. The summed E-state index contributed by atoms with van der Waals surface area (Å²) in [7, 11) is 0. The molecule has 0 unspecified atom stereocenters. The Balaban J connectivity index is 1.82. The van der Waals surface area contributed by atoms with E-state index in [-0.39, 0.29) is 11.8 Å². The molecule has 0 aromatic heterocycles. The van der Waals surface area contributed by atoms with Crippen molar-refractivity contribution in [2.24, 2.45) is 0 Å².